The monoisotopic (exact) mass is 165 g/mol. The van der Waals surface area contributed by atoms with E-state index < -0.39 is 11.7 Å². The first-order valence-electron chi connectivity index (χ1n) is 2.96. The Balaban J connectivity index is 4.54. The van der Waals surface area contributed by atoms with Crippen LogP contribution in [-0.4, -0.2) is 25.2 Å². The molecule has 11 heavy (non-hydrogen) atoms. The predicted molar refractivity (Wildman–Crippen MR) is 38.0 cm³/mol. The van der Waals surface area contributed by atoms with Crippen LogP contribution in [0.3, 0.4) is 0 Å². The fourth-order valence-electron chi connectivity index (χ4n) is 0.520. The molecule has 0 spiro atoms. The second-order valence-corrected chi connectivity index (χ2v) is 2.25. The van der Waals surface area contributed by atoms with Crippen molar-refractivity contribution < 1.29 is 13.2 Å². The Hall–Kier alpha value is -0.930. The number of nitrogens with zero attached hydrogens (tertiary/aromatic N) is 1. The number of hydrogen-bond acceptors (Lipinski definition) is 1. The molecule has 0 aromatic rings. The number of halogens is 3. The molecule has 0 aliphatic heterocycles. The average Bonchev–Trinajstić information content (AvgIpc) is 1.79. The number of alkyl halides is 3. The molecular formula is C7H10F3N. The third-order valence-corrected chi connectivity index (χ3v) is 0.945. The smallest absolute Gasteiger partial charge is 0.383 e. The van der Waals surface area contributed by atoms with Crippen LogP contribution in [0.15, 0.2) is 24.4 Å². The van der Waals surface area contributed by atoms with Crippen molar-refractivity contribution in [1.82, 2.24) is 4.90 Å². The second-order valence-electron chi connectivity index (χ2n) is 2.25. The van der Waals surface area contributed by atoms with Crippen molar-refractivity contribution in [3.8, 4) is 0 Å². The molecule has 0 N–H and O–H groups in total. The van der Waals surface area contributed by atoms with Gasteiger partial charge in [-0.1, -0.05) is 12.7 Å². The highest BCUT2D eigenvalue weighted by molar-refractivity contribution is 5.20. The van der Waals surface area contributed by atoms with Crippen LogP contribution in [0.2, 0.25) is 0 Å². The normalized spacial score (nSPS) is 13.0. The van der Waals surface area contributed by atoms with Crippen molar-refractivity contribution >= 4 is 0 Å². The van der Waals surface area contributed by atoms with E-state index >= 15 is 0 Å². The molecule has 0 amide bonds. The topological polar surface area (TPSA) is 3.24 Å². The van der Waals surface area contributed by atoms with Crippen LogP contribution in [0.1, 0.15) is 0 Å². The van der Waals surface area contributed by atoms with E-state index in [1.165, 1.54) is 19.0 Å². The Morgan fingerprint density at radius 1 is 1.36 bits per heavy atom. The van der Waals surface area contributed by atoms with Crippen LogP contribution in [0.25, 0.3) is 0 Å². The summed E-state index contributed by atoms with van der Waals surface area (Å²) in [6, 6.07) is 0. The summed E-state index contributed by atoms with van der Waals surface area (Å²) >= 11 is 0. The van der Waals surface area contributed by atoms with Gasteiger partial charge in [0.2, 0.25) is 0 Å². The van der Waals surface area contributed by atoms with Gasteiger partial charge >= 0.3 is 6.18 Å². The van der Waals surface area contributed by atoms with Gasteiger partial charge < -0.3 is 4.90 Å². The molecule has 0 bridgehead atoms. The van der Waals surface area contributed by atoms with E-state index in [0.29, 0.717) is 0 Å². The van der Waals surface area contributed by atoms with Crippen LogP contribution >= 0.6 is 0 Å². The lowest BCUT2D eigenvalue weighted by Gasteiger charge is -2.11. The Labute approximate surface area is 63.8 Å². The maximum absolute atomic E-state index is 11.9. The van der Waals surface area contributed by atoms with E-state index in [0.717, 1.165) is 12.3 Å². The highest BCUT2D eigenvalue weighted by atomic mass is 19.4. The standard InChI is InChI=1S/C7H10F3N/c1-4-6(5-11(2)3)7(8,9)10/h4-5H,1H2,2-3H3/b6-5+. The van der Waals surface area contributed by atoms with Crippen LogP contribution in [0, 0.1) is 0 Å². The Morgan fingerprint density at radius 2 is 1.82 bits per heavy atom. The molecule has 0 saturated heterocycles. The predicted octanol–water partition coefficient (Wildman–Crippen LogP) is 2.18. The van der Waals surface area contributed by atoms with E-state index in [1.54, 1.807) is 0 Å². The van der Waals surface area contributed by atoms with Crippen LogP contribution < -0.4 is 0 Å². The Kier molecular flexibility index (Phi) is 3.17. The SMILES string of the molecule is C=C/C(=C\N(C)C)C(F)(F)F. The molecule has 0 heterocycles. The maximum Gasteiger partial charge on any atom is 0.417 e. The van der Waals surface area contributed by atoms with E-state index in [2.05, 4.69) is 6.58 Å². The minimum atomic E-state index is -4.30. The lowest BCUT2D eigenvalue weighted by molar-refractivity contribution is -0.0890. The van der Waals surface area contributed by atoms with E-state index in [1.807, 2.05) is 0 Å². The summed E-state index contributed by atoms with van der Waals surface area (Å²) in [6.45, 7) is 3.07. The number of rotatable bonds is 2. The van der Waals surface area contributed by atoms with E-state index in [9.17, 15) is 13.2 Å². The van der Waals surface area contributed by atoms with Gasteiger partial charge in [0.05, 0.1) is 5.57 Å². The molecule has 0 saturated carbocycles. The van der Waals surface area contributed by atoms with Gasteiger partial charge in [0.1, 0.15) is 0 Å². The van der Waals surface area contributed by atoms with E-state index in [4.69, 9.17) is 0 Å². The molecule has 0 aliphatic rings. The summed E-state index contributed by atoms with van der Waals surface area (Å²) in [6.07, 6.45) is -2.53. The van der Waals surface area contributed by atoms with Gasteiger partial charge in [0, 0.05) is 20.3 Å². The third kappa shape index (κ3) is 3.70. The molecule has 0 unspecified atom stereocenters. The first-order chi connectivity index (χ1) is 4.88. The van der Waals surface area contributed by atoms with Crippen molar-refractivity contribution in [3.05, 3.63) is 24.4 Å². The zero-order valence-electron chi connectivity index (χ0n) is 6.44. The zero-order valence-corrected chi connectivity index (χ0v) is 6.44. The highest BCUT2D eigenvalue weighted by Gasteiger charge is 2.31. The summed E-state index contributed by atoms with van der Waals surface area (Å²) in [5.74, 6) is 0. The highest BCUT2D eigenvalue weighted by Crippen LogP contribution is 2.25. The number of allylic oxidation sites excluding steroid dienone is 2. The van der Waals surface area contributed by atoms with Gasteiger partial charge in [-0.25, -0.2) is 0 Å². The Morgan fingerprint density at radius 3 is 1.91 bits per heavy atom. The first kappa shape index (κ1) is 10.1. The lowest BCUT2D eigenvalue weighted by Crippen LogP contribution is -2.14. The fraction of sp³-hybridized carbons (Fsp3) is 0.429. The minimum Gasteiger partial charge on any atom is -0.383 e. The maximum atomic E-state index is 11.9. The largest absolute Gasteiger partial charge is 0.417 e. The van der Waals surface area contributed by atoms with Gasteiger partial charge in [-0.3, -0.25) is 0 Å². The van der Waals surface area contributed by atoms with Crippen molar-refractivity contribution in [3.63, 3.8) is 0 Å². The molecule has 0 atom stereocenters. The molecule has 0 radical (unpaired) electrons. The molecule has 0 aromatic carbocycles. The summed E-state index contributed by atoms with van der Waals surface area (Å²) in [4.78, 5) is 1.32. The molecule has 0 fully saturated rings. The Bertz CT molecular complexity index is 167. The number of hydrogen-bond donors (Lipinski definition) is 0. The van der Waals surface area contributed by atoms with Gasteiger partial charge in [-0.05, 0) is 0 Å². The van der Waals surface area contributed by atoms with Gasteiger partial charge in [0.15, 0.2) is 0 Å². The summed E-state index contributed by atoms with van der Waals surface area (Å²) < 4.78 is 35.7. The van der Waals surface area contributed by atoms with Crippen molar-refractivity contribution in [1.29, 1.82) is 0 Å². The first-order valence-corrected chi connectivity index (χ1v) is 2.96. The second kappa shape index (κ2) is 3.46. The molecule has 1 nitrogen and oxygen atoms in total. The van der Waals surface area contributed by atoms with Crippen molar-refractivity contribution in [2.45, 2.75) is 6.18 Å². The average molecular weight is 165 g/mol. The molecule has 4 heteroatoms. The molecule has 64 valence electrons. The molecule has 0 rings (SSSR count). The van der Waals surface area contributed by atoms with Crippen molar-refractivity contribution in [2.24, 2.45) is 0 Å². The quantitative estimate of drug-likeness (QED) is 0.567. The van der Waals surface area contributed by atoms with Gasteiger partial charge in [-0.2, -0.15) is 13.2 Å². The summed E-state index contributed by atoms with van der Waals surface area (Å²) in [5.41, 5.74) is -0.734. The van der Waals surface area contributed by atoms with Gasteiger partial charge in [-0.15, -0.1) is 0 Å². The minimum absolute atomic E-state index is 0.734. The summed E-state index contributed by atoms with van der Waals surface area (Å²) in [7, 11) is 3.05. The molecule has 0 aromatic heterocycles. The van der Waals surface area contributed by atoms with E-state index in [-0.39, 0.29) is 0 Å². The van der Waals surface area contributed by atoms with Crippen LogP contribution in [0.4, 0.5) is 13.2 Å². The lowest BCUT2D eigenvalue weighted by atomic mass is 10.3. The van der Waals surface area contributed by atoms with Crippen LogP contribution in [-0.2, 0) is 0 Å². The fourth-order valence-corrected chi connectivity index (χ4v) is 0.520. The molecular weight excluding hydrogens is 155 g/mol. The third-order valence-electron chi connectivity index (χ3n) is 0.945. The summed E-state index contributed by atoms with van der Waals surface area (Å²) in [5, 5.41) is 0. The molecule has 0 aliphatic carbocycles. The van der Waals surface area contributed by atoms with Crippen molar-refractivity contribution in [2.75, 3.05) is 14.1 Å². The zero-order chi connectivity index (χ0) is 9.07. The van der Waals surface area contributed by atoms with Gasteiger partial charge in [0.25, 0.3) is 0 Å². The van der Waals surface area contributed by atoms with Crippen LogP contribution in [0.5, 0.6) is 0 Å².